The summed E-state index contributed by atoms with van der Waals surface area (Å²) in [6.45, 7) is 3.92. The van der Waals surface area contributed by atoms with Crippen molar-refractivity contribution in [1.82, 2.24) is 10.6 Å². The summed E-state index contributed by atoms with van der Waals surface area (Å²) < 4.78 is 0. The fourth-order valence-electron chi connectivity index (χ4n) is 2.55. The summed E-state index contributed by atoms with van der Waals surface area (Å²) >= 11 is 1.66. The number of thiophene rings is 1. The average Bonchev–Trinajstić information content (AvgIpc) is 2.99. The molecular formula is C17H20N4O2S. The minimum atomic E-state index is -0.263. The fraction of sp³-hybridized carbons (Fsp3) is 0.294. The molecule has 1 aliphatic rings. The van der Waals surface area contributed by atoms with Crippen LogP contribution in [0.5, 0.6) is 0 Å². The summed E-state index contributed by atoms with van der Waals surface area (Å²) in [5.41, 5.74) is 1.43. The maximum atomic E-state index is 12.0. The van der Waals surface area contributed by atoms with Gasteiger partial charge in [-0.1, -0.05) is 6.07 Å². The van der Waals surface area contributed by atoms with E-state index in [0.29, 0.717) is 25.3 Å². The normalized spacial score (nSPS) is 14.2. The molecule has 3 rings (SSSR count). The topological polar surface area (TPSA) is 73.5 Å². The Morgan fingerprint density at radius 1 is 1.33 bits per heavy atom. The molecule has 0 spiro atoms. The lowest BCUT2D eigenvalue weighted by Crippen LogP contribution is -2.46. The average molecular weight is 344 g/mol. The first-order valence-corrected chi connectivity index (χ1v) is 8.69. The zero-order chi connectivity index (χ0) is 16.9. The number of rotatable bonds is 4. The van der Waals surface area contributed by atoms with E-state index in [1.807, 2.05) is 31.2 Å². The lowest BCUT2D eigenvalue weighted by Gasteiger charge is -2.27. The van der Waals surface area contributed by atoms with Crippen LogP contribution < -0.4 is 20.9 Å². The number of carbonyl (C=O) groups is 2. The van der Waals surface area contributed by atoms with E-state index in [1.165, 1.54) is 4.88 Å². The van der Waals surface area contributed by atoms with Crippen LogP contribution in [0, 0.1) is 6.92 Å². The second-order valence-corrected chi connectivity index (χ2v) is 6.98. The zero-order valence-corrected chi connectivity index (χ0v) is 14.3. The predicted molar refractivity (Wildman–Crippen MR) is 96.7 cm³/mol. The highest BCUT2D eigenvalue weighted by Gasteiger charge is 2.19. The van der Waals surface area contributed by atoms with Crippen molar-refractivity contribution in [3.05, 3.63) is 46.2 Å². The number of aryl methyl sites for hydroxylation is 1. The van der Waals surface area contributed by atoms with E-state index in [9.17, 15) is 9.59 Å². The van der Waals surface area contributed by atoms with Gasteiger partial charge in [0.15, 0.2) is 0 Å². The molecule has 2 aromatic rings. The van der Waals surface area contributed by atoms with Gasteiger partial charge in [0.25, 0.3) is 0 Å². The molecule has 2 heterocycles. The predicted octanol–water partition coefficient (Wildman–Crippen LogP) is 3.30. The molecule has 1 fully saturated rings. The number of nitrogens with one attached hydrogen (secondary N) is 3. The summed E-state index contributed by atoms with van der Waals surface area (Å²) in [4.78, 5) is 28.0. The second-order valence-electron chi connectivity index (χ2n) is 5.61. The van der Waals surface area contributed by atoms with Gasteiger partial charge in [-0.05, 0) is 43.7 Å². The molecule has 7 heteroatoms. The van der Waals surface area contributed by atoms with Gasteiger partial charge in [-0.15, -0.1) is 11.3 Å². The fourth-order valence-corrected chi connectivity index (χ4v) is 3.38. The Kier molecular flexibility index (Phi) is 5.00. The number of benzene rings is 1. The molecule has 1 aromatic heterocycles. The van der Waals surface area contributed by atoms with Gasteiger partial charge in [0, 0.05) is 34.2 Å². The Balaban J connectivity index is 1.59. The Morgan fingerprint density at radius 3 is 2.96 bits per heavy atom. The van der Waals surface area contributed by atoms with Crippen LogP contribution in [0.4, 0.5) is 21.0 Å². The van der Waals surface area contributed by atoms with Crippen LogP contribution in [0.25, 0.3) is 0 Å². The minimum absolute atomic E-state index is 0.101. The van der Waals surface area contributed by atoms with Crippen LogP contribution >= 0.6 is 11.3 Å². The maximum absolute atomic E-state index is 12.0. The van der Waals surface area contributed by atoms with Gasteiger partial charge < -0.3 is 16.0 Å². The lowest BCUT2D eigenvalue weighted by molar-refractivity contribution is 0.243. The number of hydrogen-bond donors (Lipinski definition) is 3. The first-order chi connectivity index (χ1) is 11.6. The summed E-state index contributed by atoms with van der Waals surface area (Å²) in [5, 5.41) is 8.47. The zero-order valence-electron chi connectivity index (χ0n) is 13.5. The maximum Gasteiger partial charge on any atom is 0.321 e. The van der Waals surface area contributed by atoms with Crippen LogP contribution in [0.2, 0.25) is 0 Å². The molecule has 0 radical (unpaired) electrons. The van der Waals surface area contributed by atoms with Gasteiger partial charge in [-0.25, -0.2) is 9.59 Å². The van der Waals surface area contributed by atoms with Crippen molar-refractivity contribution in [3.8, 4) is 0 Å². The summed E-state index contributed by atoms with van der Waals surface area (Å²) in [7, 11) is 0. The van der Waals surface area contributed by atoms with Crippen molar-refractivity contribution in [2.24, 2.45) is 0 Å². The van der Waals surface area contributed by atoms with E-state index < -0.39 is 0 Å². The van der Waals surface area contributed by atoms with Crippen LogP contribution in [0.3, 0.4) is 0 Å². The van der Waals surface area contributed by atoms with Gasteiger partial charge in [0.1, 0.15) is 0 Å². The number of anilines is 2. The Labute approximate surface area is 144 Å². The summed E-state index contributed by atoms with van der Waals surface area (Å²) in [6, 6.07) is 11.0. The first kappa shape index (κ1) is 16.3. The lowest BCUT2D eigenvalue weighted by atomic mass is 10.2. The molecule has 4 amide bonds. The number of nitrogens with zero attached hydrogens (tertiary/aromatic N) is 1. The number of hydrogen-bond acceptors (Lipinski definition) is 3. The number of carbonyl (C=O) groups excluding carboxylic acids is 2. The molecule has 24 heavy (non-hydrogen) atoms. The smallest absolute Gasteiger partial charge is 0.321 e. The van der Waals surface area contributed by atoms with Crippen molar-refractivity contribution >= 4 is 34.8 Å². The summed E-state index contributed by atoms with van der Waals surface area (Å²) in [5.74, 6) is 0. The molecule has 0 bridgehead atoms. The van der Waals surface area contributed by atoms with E-state index >= 15 is 0 Å². The van der Waals surface area contributed by atoms with Crippen LogP contribution in [-0.4, -0.2) is 25.2 Å². The van der Waals surface area contributed by atoms with Crippen LogP contribution in [0.1, 0.15) is 16.2 Å². The largest absolute Gasteiger partial charge is 0.338 e. The SMILES string of the molecule is Cc1ccc(CNC(=O)Nc2cccc(N3CCCNC3=O)c2)s1. The number of amides is 4. The van der Waals surface area contributed by atoms with E-state index in [0.717, 1.165) is 17.0 Å². The van der Waals surface area contributed by atoms with Gasteiger partial charge >= 0.3 is 12.1 Å². The monoisotopic (exact) mass is 344 g/mol. The Bertz CT molecular complexity index is 744. The van der Waals surface area contributed by atoms with E-state index in [-0.39, 0.29) is 12.1 Å². The third kappa shape index (κ3) is 4.05. The molecule has 1 aliphatic heterocycles. The quantitative estimate of drug-likeness (QED) is 0.796. The standard InChI is InChI=1S/C17H20N4O2S/c1-12-6-7-15(24-12)11-19-16(22)20-13-4-2-5-14(10-13)21-9-3-8-18-17(21)23/h2,4-7,10H,3,8-9,11H2,1H3,(H,18,23)(H2,19,20,22). The van der Waals surface area contributed by atoms with Crippen molar-refractivity contribution in [2.45, 2.75) is 19.9 Å². The van der Waals surface area contributed by atoms with Gasteiger partial charge in [-0.3, -0.25) is 4.90 Å². The third-order valence-electron chi connectivity index (χ3n) is 3.71. The highest BCUT2D eigenvalue weighted by molar-refractivity contribution is 7.11. The highest BCUT2D eigenvalue weighted by atomic mass is 32.1. The molecule has 3 N–H and O–H groups in total. The van der Waals surface area contributed by atoms with Crippen LogP contribution in [0.15, 0.2) is 36.4 Å². The molecule has 0 atom stereocenters. The summed E-state index contributed by atoms with van der Waals surface area (Å²) in [6.07, 6.45) is 0.907. The molecule has 6 nitrogen and oxygen atoms in total. The molecule has 0 aliphatic carbocycles. The first-order valence-electron chi connectivity index (χ1n) is 7.87. The molecule has 0 saturated carbocycles. The second kappa shape index (κ2) is 7.35. The van der Waals surface area contributed by atoms with Crippen molar-refractivity contribution < 1.29 is 9.59 Å². The van der Waals surface area contributed by atoms with E-state index in [4.69, 9.17) is 0 Å². The molecule has 0 unspecified atom stereocenters. The van der Waals surface area contributed by atoms with Crippen molar-refractivity contribution in [2.75, 3.05) is 23.3 Å². The Morgan fingerprint density at radius 2 is 2.21 bits per heavy atom. The number of urea groups is 2. The van der Waals surface area contributed by atoms with Gasteiger partial charge in [0.05, 0.1) is 6.54 Å². The van der Waals surface area contributed by atoms with Crippen molar-refractivity contribution in [1.29, 1.82) is 0 Å². The molecule has 1 aromatic carbocycles. The molecule has 1 saturated heterocycles. The van der Waals surface area contributed by atoms with E-state index in [1.54, 1.807) is 28.4 Å². The molecular weight excluding hydrogens is 324 g/mol. The third-order valence-corrected chi connectivity index (χ3v) is 4.72. The van der Waals surface area contributed by atoms with Crippen LogP contribution in [-0.2, 0) is 6.54 Å². The van der Waals surface area contributed by atoms with Crippen molar-refractivity contribution in [3.63, 3.8) is 0 Å². The highest BCUT2D eigenvalue weighted by Crippen LogP contribution is 2.21. The van der Waals surface area contributed by atoms with Gasteiger partial charge in [-0.2, -0.15) is 0 Å². The van der Waals surface area contributed by atoms with Gasteiger partial charge in [0.2, 0.25) is 0 Å². The Hall–Kier alpha value is -2.54. The molecule has 126 valence electrons. The minimum Gasteiger partial charge on any atom is -0.338 e. The van der Waals surface area contributed by atoms with E-state index in [2.05, 4.69) is 16.0 Å².